The molecule has 2 aromatic heterocycles. The lowest BCUT2D eigenvalue weighted by atomic mass is 9.94. The SMILES string of the molecule is ClCCN(c1ncnc2nc[nH]c12)C1CCCCC1. The number of nitrogens with zero attached hydrogens (tertiary/aromatic N) is 4. The number of alkyl halides is 1. The van der Waals surface area contributed by atoms with Crippen molar-refractivity contribution in [3.8, 4) is 0 Å². The monoisotopic (exact) mass is 279 g/mol. The first kappa shape index (κ1) is 12.7. The molecule has 0 aliphatic heterocycles. The lowest BCUT2D eigenvalue weighted by Crippen LogP contribution is -2.39. The van der Waals surface area contributed by atoms with Crippen LogP contribution in [0.3, 0.4) is 0 Å². The number of H-pyrrole nitrogens is 1. The molecule has 0 amide bonds. The van der Waals surface area contributed by atoms with Gasteiger partial charge in [-0.1, -0.05) is 19.3 Å². The van der Waals surface area contributed by atoms with Gasteiger partial charge in [0.25, 0.3) is 0 Å². The van der Waals surface area contributed by atoms with E-state index in [1.807, 2.05) is 0 Å². The van der Waals surface area contributed by atoms with Gasteiger partial charge in [0.1, 0.15) is 11.8 Å². The Hall–Kier alpha value is -1.36. The van der Waals surface area contributed by atoms with Crippen LogP contribution >= 0.6 is 11.6 Å². The average molecular weight is 280 g/mol. The van der Waals surface area contributed by atoms with Crippen molar-refractivity contribution in [2.75, 3.05) is 17.3 Å². The number of aromatic amines is 1. The molecule has 1 N–H and O–H groups in total. The fourth-order valence-corrected chi connectivity index (χ4v) is 3.10. The summed E-state index contributed by atoms with van der Waals surface area (Å²) >= 11 is 5.98. The van der Waals surface area contributed by atoms with Gasteiger partial charge in [0, 0.05) is 18.5 Å². The third-order valence-electron chi connectivity index (χ3n) is 3.82. The first-order chi connectivity index (χ1) is 9.40. The molecule has 0 bridgehead atoms. The number of nitrogens with one attached hydrogen (secondary N) is 1. The molecule has 1 fully saturated rings. The molecule has 0 aromatic carbocycles. The van der Waals surface area contributed by atoms with Crippen LogP contribution in [0.4, 0.5) is 5.82 Å². The Kier molecular flexibility index (Phi) is 3.82. The first-order valence-electron chi connectivity index (χ1n) is 6.87. The molecule has 3 rings (SSSR count). The van der Waals surface area contributed by atoms with E-state index in [4.69, 9.17) is 11.6 Å². The largest absolute Gasteiger partial charge is 0.351 e. The van der Waals surface area contributed by atoms with Crippen LogP contribution in [0.2, 0.25) is 0 Å². The van der Waals surface area contributed by atoms with Gasteiger partial charge in [-0.05, 0) is 12.8 Å². The van der Waals surface area contributed by atoms with E-state index in [1.165, 1.54) is 32.1 Å². The minimum atomic E-state index is 0.536. The molecule has 0 unspecified atom stereocenters. The summed E-state index contributed by atoms with van der Waals surface area (Å²) in [6, 6.07) is 0.536. The van der Waals surface area contributed by atoms with Gasteiger partial charge in [0.2, 0.25) is 0 Å². The van der Waals surface area contributed by atoms with E-state index in [-0.39, 0.29) is 0 Å². The lowest BCUT2D eigenvalue weighted by Gasteiger charge is -2.34. The molecular formula is C13H18ClN5. The van der Waals surface area contributed by atoms with Crippen LogP contribution < -0.4 is 4.90 Å². The van der Waals surface area contributed by atoms with Gasteiger partial charge in [0.05, 0.1) is 6.33 Å². The third kappa shape index (κ3) is 2.52. The summed E-state index contributed by atoms with van der Waals surface area (Å²) in [7, 11) is 0. The molecule has 6 heteroatoms. The highest BCUT2D eigenvalue weighted by molar-refractivity contribution is 6.18. The van der Waals surface area contributed by atoms with E-state index in [0.29, 0.717) is 11.9 Å². The topological polar surface area (TPSA) is 57.7 Å². The minimum absolute atomic E-state index is 0.536. The Morgan fingerprint density at radius 3 is 2.84 bits per heavy atom. The fraction of sp³-hybridized carbons (Fsp3) is 0.615. The molecule has 102 valence electrons. The maximum Gasteiger partial charge on any atom is 0.182 e. The van der Waals surface area contributed by atoms with Crippen molar-refractivity contribution >= 4 is 28.6 Å². The van der Waals surface area contributed by atoms with Crippen molar-refractivity contribution < 1.29 is 0 Å². The fourth-order valence-electron chi connectivity index (χ4n) is 2.92. The van der Waals surface area contributed by atoms with Gasteiger partial charge >= 0.3 is 0 Å². The molecule has 0 saturated heterocycles. The molecular weight excluding hydrogens is 262 g/mol. The standard InChI is InChI=1S/C13H18ClN5/c14-6-7-19(10-4-2-1-3-5-10)13-11-12(16-8-15-11)17-9-18-13/h8-10H,1-7H2,(H,15,16,17,18). The van der Waals surface area contributed by atoms with Crippen molar-refractivity contribution in [2.45, 2.75) is 38.1 Å². The van der Waals surface area contributed by atoms with Crippen LogP contribution in [0, 0.1) is 0 Å². The van der Waals surface area contributed by atoms with Crippen LogP contribution in [0.25, 0.3) is 11.2 Å². The minimum Gasteiger partial charge on any atom is -0.351 e. The van der Waals surface area contributed by atoms with E-state index in [9.17, 15) is 0 Å². The summed E-state index contributed by atoms with van der Waals surface area (Å²) in [5, 5.41) is 0. The highest BCUT2D eigenvalue weighted by atomic mass is 35.5. The molecule has 0 spiro atoms. The number of hydrogen-bond acceptors (Lipinski definition) is 4. The number of rotatable bonds is 4. The number of anilines is 1. The summed E-state index contributed by atoms with van der Waals surface area (Å²) in [6.07, 6.45) is 9.62. The quantitative estimate of drug-likeness (QED) is 0.875. The van der Waals surface area contributed by atoms with Crippen LogP contribution in [0.5, 0.6) is 0 Å². The zero-order chi connectivity index (χ0) is 13.1. The van der Waals surface area contributed by atoms with Gasteiger partial charge < -0.3 is 9.88 Å². The molecule has 2 heterocycles. The summed E-state index contributed by atoms with van der Waals surface area (Å²) < 4.78 is 0. The van der Waals surface area contributed by atoms with E-state index < -0.39 is 0 Å². The molecule has 19 heavy (non-hydrogen) atoms. The number of hydrogen-bond donors (Lipinski definition) is 1. The van der Waals surface area contributed by atoms with Gasteiger partial charge in [-0.25, -0.2) is 15.0 Å². The Bertz CT molecular complexity index is 535. The Morgan fingerprint density at radius 2 is 2.05 bits per heavy atom. The number of halogens is 1. The van der Waals surface area contributed by atoms with Crippen molar-refractivity contribution in [2.24, 2.45) is 0 Å². The zero-order valence-corrected chi connectivity index (χ0v) is 11.6. The highest BCUT2D eigenvalue weighted by Gasteiger charge is 2.24. The number of aromatic nitrogens is 4. The summed E-state index contributed by atoms with van der Waals surface area (Å²) in [6.45, 7) is 0.817. The molecule has 2 aromatic rings. The molecule has 0 radical (unpaired) electrons. The molecule has 1 aliphatic carbocycles. The van der Waals surface area contributed by atoms with E-state index in [2.05, 4.69) is 24.8 Å². The molecule has 1 saturated carbocycles. The van der Waals surface area contributed by atoms with Crippen LogP contribution in [0.1, 0.15) is 32.1 Å². The summed E-state index contributed by atoms with van der Waals surface area (Å²) in [4.78, 5) is 18.3. The van der Waals surface area contributed by atoms with Gasteiger partial charge in [-0.3, -0.25) is 0 Å². The van der Waals surface area contributed by atoms with Crippen molar-refractivity contribution in [3.63, 3.8) is 0 Å². The normalized spacial score (nSPS) is 16.9. The Balaban J connectivity index is 1.96. The van der Waals surface area contributed by atoms with Crippen molar-refractivity contribution in [1.82, 2.24) is 19.9 Å². The predicted molar refractivity (Wildman–Crippen MR) is 76.6 cm³/mol. The molecule has 0 atom stereocenters. The second-order valence-electron chi connectivity index (χ2n) is 4.97. The van der Waals surface area contributed by atoms with Gasteiger partial charge in [0.15, 0.2) is 11.5 Å². The lowest BCUT2D eigenvalue weighted by molar-refractivity contribution is 0.417. The predicted octanol–water partition coefficient (Wildman–Crippen LogP) is 2.73. The third-order valence-corrected chi connectivity index (χ3v) is 3.98. The first-order valence-corrected chi connectivity index (χ1v) is 7.40. The second kappa shape index (κ2) is 5.74. The molecule has 5 nitrogen and oxygen atoms in total. The van der Waals surface area contributed by atoms with Crippen molar-refractivity contribution in [1.29, 1.82) is 0 Å². The van der Waals surface area contributed by atoms with Crippen LogP contribution in [0.15, 0.2) is 12.7 Å². The van der Waals surface area contributed by atoms with Gasteiger partial charge in [-0.15, -0.1) is 11.6 Å². The molecule has 1 aliphatic rings. The average Bonchev–Trinajstić information content (AvgIpc) is 2.94. The summed E-state index contributed by atoms with van der Waals surface area (Å²) in [5.74, 6) is 1.55. The van der Waals surface area contributed by atoms with E-state index in [0.717, 1.165) is 23.5 Å². The maximum absolute atomic E-state index is 5.98. The smallest absolute Gasteiger partial charge is 0.182 e. The highest BCUT2D eigenvalue weighted by Crippen LogP contribution is 2.28. The number of imidazole rings is 1. The number of fused-ring (bicyclic) bond motifs is 1. The Morgan fingerprint density at radius 1 is 1.21 bits per heavy atom. The second-order valence-corrected chi connectivity index (χ2v) is 5.35. The Labute approximate surface area is 117 Å². The summed E-state index contributed by atoms with van der Waals surface area (Å²) in [5.41, 5.74) is 1.64. The zero-order valence-electron chi connectivity index (χ0n) is 10.8. The van der Waals surface area contributed by atoms with Crippen LogP contribution in [-0.4, -0.2) is 38.4 Å². The van der Waals surface area contributed by atoms with E-state index in [1.54, 1.807) is 12.7 Å². The maximum atomic E-state index is 5.98. The van der Waals surface area contributed by atoms with Crippen LogP contribution in [-0.2, 0) is 0 Å². The van der Waals surface area contributed by atoms with Gasteiger partial charge in [-0.2, -0.15) is 0 Å². The van der Waals surface area contributed by atoms with E-state index >= 15 is 0 Å². The van der Waals surface area contributed by atoms with Crippen molar-refractivity contribution in [3.05, 3.63) is 12.7 Å².